The first-order valence-corrected chi connectivity index (χ1v) is 9.29. The molecule has 0 amide bonds. The number of nitrogens with one attached hydrogen (secondary N) is 1. The monoisotopic (exact) mass is 271 g/mol. The molecular weight excluding hydrogens is 242 g/mol. The first-order valence-electron chi connectivity index (χ1n) is 7.90. The van der Waals surface area contributed by atoms with Crippen molar-refractivity contribution in [1.82, 2.24) is 5.32 Å². The summed E-state index contributed by atoms with van der Waals surface area (Å²) < 4.78 is 12.3. The van der Waals surface area contributed by atoms with Crippen LogP contribution in [0.1, 0.15) is 71.1 Å². The Bertz CT molecular complexity index is 269. The second kappa shape index (κ2) is 7.64. The molecule has 0 aromatic heterocycles. The lowest BCUT2D eigenvalue weighted by Crippen LogP contribution is -2.54. The van der Waals surface area contributed by atoms with E-state index in [0.29, 0.717) is 17.3 Å². The van der Waals surface area contributed by atoms with Crippen molar-refractivity contribution in [1.29, 1.82) is 0 Å². The number of rotatable bonds is 0. The lowest BCUT2D eigenvalue weighted by Gasteiger charge is -2.36. The maximum absolute atomic E-state index is 12.3. The minimum Gasteiger partial charge on any atom is -0.309 e. The number of fused-ring (bicyclic) bond motifs is 1. The second-order valence-corrected chi connectivity index (χ2v) is 7.87. The molecule has 106 valence electrons. The van der Waals surface area contributed by atoms with Crippen LogP contribution in [0.2, 0.25) is 0 Å². The summed E-state index contributed by atoms with van der Waals surface area (Å²) in [7, 11) is -0.592. The molecule has 2 fully saturated rings. The standard InChI is InChI=1S/C15H29NOS/c1-13-12-18(17)15-11-9-7-5-3-2-4-6-8-10-14(15)16-13/h13-16H,2-12H2,1H3. The summed E-state index contributed by atoms with van der Waals surface area (Å²) in [5.41, 5.74) is 0. The average molecular weight is 271 g/mol. The topological polar surface area (TPSA) is 29.1 Å². The van der Waals surface area contributed by atoms with E-state index in [9.17, 15) is 4.21 Å². The van der Waals surface area contributed by atoms with Gasteiger partial charge in [0, 0.05) is 28.6 Å². The van der Waals surface area contributed by atoms with E-state index in [1.54, 1.807) is 0 Å². The normalized spacial score (nSPS) is 40.3. The van der Waals surface area contributed by atoms with Crippen molar-refractivity contribution in [2.75, 3.05) is 5.75 Å². The molecule has 1 aliphatic carbocycles. The van der Waals surface area contributed by atoms with Crippen LogP contribution < -0.4 is 5.32 Å². The van der Waals surface area contributed by atoms with Gasteiger partial charge in [0.15, 0.2) is 0 Å². The Balaban J connectivity index is 1.93. The van der Waals surface area contributed by atoms with E-state index in [2.05, 4.69) is 12.2 Å². The molecule has 1 N–H and O–H groups in total. The van der Waals surface area contributed by atoms with Crippen molar-refractivity contribution in [3.05, 3.63) is 0 Å². The quantitative estimate of drug-likeness (QED) is 0.732. The van der Waals surface area contributed by atoms with Crippen LogP contribution in [0, 0.1) is 0 Å². The molecule has 2 nitrogen and oxygen atoms in total. The summed E-state index contributed by atoms with van der Waals surface area (Å²) in [6.45, 7) is 2.18. The molecule has 1 saturated heterocycles. The van der Waals surface area contributed by atoms with E-state index < -0.39 is 10.8 Å². The van der Waals surface area contributed by atoms with Gasteiger partial charge in [0.05, 0.1) is 5.25 Å². The molecule has 1 saturated carbocycles. The zero-order chi connectivity index (χ0) is 12.8. The third-order valence-corrected chi connectivity index (χ3v) is 6.52. The molecule has 4 unspecified atom stereocenters. The van der Waals surface area contributed by atoms with Crippen LogP contribution in [0.3, 0.4) is 0 Å². The van der Waals surface area contributed by atoms with E-state index in [-0.39, 0.29) is 0 Å². The number of hydrogen-bond donors (Lipinski definition) is 1. The van der Waals surface area contributed by atoms with Crippen LogP contribution in [0.15, 0.2) is 0 Å². The maximum Gasteiger partial charge on any atom is 0.0501 e. The molecule has 0 radical (unpaired) electrons. The highest BCUT2D eigenvalue weighted by Gasteiger charge is 2.32. The molecule has 1 aliphatic heterocycles. The Morgan fingerprint density at radius 2 is 1.44 bits per heavy atom. The van der Waals surface area contributed by atoms with Crippen molar-refractivity contribution in [3.63, 3.8) is 0 Å². The Kier molecular flexibility index (Phi) is 6.16. The summed E-state index contributed by atoms with van der Waals surface area (Å²) in [5, 5.41) is 4.14. The Morgan fingerprint density at radius 3 is 2.11 bits per heavy atom. The zero-order valence-electron chi connectivity index (χ0n) is 11.8. The van der Waals surface area contributed by atoms with Crippen LogP contribution in [0.4, 0.5) is 0 Å². The van der Waals surface area contributed by atoms with Crippen molar-refractivity contribution in [2.24, 2.45) is 0 Å². The van der Waals surface area contributed by atoms with Gasteiger partial charge in [-0.05, 0) is 19.8 Å². The molecule has 0 aromatic rings. The smallest absolute Gasteiger partial charge is 0.0501 e. The summed E-state index contributed by atoms with van der Waals surface area (Å²) in [6.07, 6.45) is 13.3. The molecule has 18 heavy (non-hydrogen) atoms. The van der Waals surface area contributed by atoms with Gasteiger partial charge in [-0.1, -0.05) is 51.4 Å². The van der Waals surface area contributed by atoms with E-state index in [4.69, 9.17) is 0 Å². The maximum atomic E-state index is 12.3. The third kappa shape index (κ3) is 4.34. The molecule has 0 spiro atoms. The molecular formula is C15H29NOS. The predicted octanol–water partition coefficient (Wildman–Crippen LogP) is 3.38. The fraction of sp³-hybridized carbons (Fsp3) is 1.00. The van der Waals surface area contributed by atoms with Gasteiger partial charge in [-0.25, -0.2) is 0 Å². The number of hydrogen-bond acceptors (Lipinski definition) is 2. The van der Waals surface area contributed by atoms with Crippen LogP contribution >= 0.6 is 0 Å². The lowest BCUT2D eigenvalue weighted by atomic mass is 9.97. The van der Waals surface area contributed by atoms with Crippen LogP contribution in [-0.2, 0) is 10.8 Å². The van der Waals surface area contributed by atoms with E-state index in [1.807, 2.05) is 0 Å². The first-order chi connectivity index (χ1) is 8.77. The zero-order valence-corrected chi connectivity index (χ0v) is 12.6. The van der Waals surface area contributed by atoms with Crippen LogP contribution in [0.5, 0.6) is 0 Å². The molecule has 0 aromatic carbocycles. The molecule has 0 bridgehead atoms. The SMILES string of the molecule is CC1CS(=O)C2CCCCCCCCCCC2N1. The minimum atomic E-state index is -0.592. The highest BCUT2D eigenvalue weighted by Crippen LogP contribution is 2.24. The average Bonchev–Trinajstić information content (AvgIpc) is 2.31. The van der Waals surface area contributed by atoms with E-state index >= 15 is 0 Å². The fourth-order valence-electron chi connectivity index (χ4n) is 3.45. The molecule has 2 rings (SSSR count). The highest BCUT2D eigenvalue weighted by atomic mass is 32.2. The Hall–Kier alpha value is 0.110. The second-order valence-electron chi connectivity index (χ2n) is 6.17. The van der Waals surface area contributed by atoms with Gasteiger partial charge in [0.1, 0.15) is 0 Å². The first kappa shape index (κ1) is 14.5. The van der Waals surface area contributed by atoms with Crippen molar-refractivity contribution >= 4 is 10.8 Å². The van der Waals surface area contributed by atoms with Gasteiger partial charge in [0.25, 0.3) is 0 Å². The van der Waals surface area contributed by atoms with E-state index in [0.717, 1.165) is 5.75 Å². The minimum absolute atomic E-state index is 0.431. The van der Waals surface area contributed by atoms with E-state index in [1.165, 1.54) is 64.2 Å². The van der Waals surface area contributed by atoms with Gasteiger partial charge in [-0.3, -0.25) is 4.21 Å². The van der Waals surface area contributed by atoms with Gasteiger partial charge < -0.3 is 5.32 Å². The molecule has 1 heterocycles. The summed E-state index contributed by atoms with van der Waals surface area (Å²) in [4.78, 5) is 0. The van der Waals surface area contributed by atoms with Gasteiger partial charge in [0.2, 0.25) is 0 Å². The Morgan fingerprint density at radius 1 is 0.889 bits per heavy atom. The largest absolute Gasteiger partial charge is 0.309 e. The summed E-state index contributed by atoms with van der Waals surface area (Å²) in [5.74, 6) is 0.862. The fourth-order valence-corrected chi connectivity index (χ4v) is 5.29. The highest BCUT2D eigenvalue weighted by molar-refractivity contribution is 7.85. The molecule has 4 atom stereocenters. The van der Waals surface area contributed by atoms with Gasteiger partial charge in [-0.2, -0.15) is 0 Å². The predicted molar refractivity (Wildman–Crippen MR) is 79.4 cm³/mol. The van der Waals surface area contributed by atoms with Gasteiger partial charge in [-0.15, -0.1) is 0 Å². The molecule has 2 aliphatic rings. The van der Waals surface area contributed by atoms with Crippen LogP contribution in [-0.4, -0.2) is 27.3 Å². The van der Waals surface area contributed by atoms with Crippen molar-refractivity contribution < 1.29 is 4.21 Å². The summed E-state index contributed by atoms with van der Waals surface area (Å²) >= 11 is 0. The molecule has 3 heteroatoms. The van der Waals surface area contributed by atoms with Crippen molar-refractivity contribution in [2.45, 2.75) is 88.5 Å². The van der Waals surface area contributed by atoms with Crippen molar-refractivity contribution in [3.8, 4) is 0 Å². The summed E-state index contributed by atoms with van der Waals surface area (Å²) in [6, 6.07) is 0.967. The Labute approximate surface area is 115 Å². The lowest BCUT2D eigenvalue weighted by molar-refractivity contribution is 0.370. The van der Waals surface area contributed by atoms with Crippen LogP contribution in [0.25, 0.3) is 0 Å². The third-order valence-electron chi connectivity index (χ3n) is 4.45. The van der Waals surface area contributed by atoms with Gasteiger partial charge >= 0.3 is 0 Å².